The maximum Gasteiger partial charge on any atom is 0.258 e. The fourth-order valence-electron chi connectivity index (χ4n) is 6.51. The third kappa shape index (κ3) is 6.33. The molecule has 0 saturated heterocycles. The summed E-state index contributed by atoms with van der Waals surface area (Å²) in [6, 6.07) is 26.0. The minimum Gasteiger partial charge on any atom is -0.352 e. The number of carbonyl (C=O) groups excluding carboxylic acids is 3. The molecule has 0 unspecified atom stereocenters. The Morgan fingerprint density at radius 1 is 0.886 bits per heavy atom. The molecular formula is C36H35Cl2N3O3. The van der Waals surface area contributed by atoms with Gasteiger partial charge in [0.1, 0.15) is 6.04 Å². The van der Waals surface area contributed by atoms with Gasteiger partial charge < -0.3 is 15.1 Å². The maximum absolute atomic E-state index is 14.2. The average Bonchev–Trinajstić information content (AvgIpc) is 3.64. The molecule has 8 heteroatoms. The fraction of sp³-hybridized carbons (Fsp3) is 0.306. The predicted octanol–water partition coefficient (Wildman–Crippen LogP) is 7.59. The number of carbonyl (C=O) groups is 3. The highest BCUT2D eigenvalue weighted by molar-refractivity contribution is 6.36. The number of benzene rings is 4. The lowest BCUT2D eigenvalue weighted by Crippen LogP contribution is -2.52. The first kappa shape index (κ1) is 30.2. The van der Waals surface area contributed by atoms with Crippen molar-refractivity contribution < 1.29 is 14.4 Å². The molecule has 226 valence electrons. The number of hydrogen-bond acceptors (Lipinski definition) is 3. The molecule has 0 spiro atoms. The van der Waals surface area contributed by atoms with Crippen LogP contribution in [0.1, 0.15) is 60.0 Å². The molecule has 2 aliphatic rings. The number of halogens is 2. The third-order valence-corrected chi connectivity index (χ3v) is 9.49. The normalized spacial score (nSPS) is 15.1. The molecule has 6 rings (SSSR count). The molecule has 0 radical (unpaired) electrons. The van der Waals surface area contributed by atoms with Crippen molar-refractivity contribution in [1.29, 1.82) is 0 Å². The molecule has 1 N–H and O–H groups in total. The standard InChI is InChI=1S/C36H35Cl2N3O3/c37-29-17-8-18-30(38)28(29)23-41(32(22-24-10-2-1-3-11-24)35(43)39-26-14-4-5-15-26)33(42)20-9-21-40-31-19-7-13-25-12-6-16-27(34(25)31)36(40)44/h1-3,6-8,10-13,16-19,26,32H,4-5,9,14-15,20-23H2,(H,39,43)/t32-/m1/s1. The van der Waals surface area contributed by atoms with Crippen molar-refractivity contribution in [1.82, 2.24) is 10.2 Å². The summed E-state index contributed by atoms with van der Waals surface area (Å²) >= 11 is 13.2. The number of amides is 3. The second kappa shape index (κ2) is 13.4. The molecule has 1 aliphatic heterocycles. The van der Waals surface area contributed by atoms with Gasteiger partial charge in [0.25, 0.3) is 5.91 Å². The highest BCUT2D eigenvalue weighted by Gasteiger charge is 2.34. The molecule has 3 amide bonds. The molecule has 1 saturated carbocycles. The lowest BCUT2D eigenvalue weighted by molar-refractivity contribution is -0.141. The molecule has 44 heavy (non-hydrogen) atoms. The Morgan fingerprint density at radius 2 is 1.57 bits per heavy atom. The van der Waals surface area contributed by atoms with Gasteiger partial charge in [0.15, 0.2) is 0 Å². The van der Waals surface area contributed by atoms with E-state index >= 15 is 0 Å². The van der Waals surface area contributed by atoms with Crippen molar-refractivity contribution in [3.05, 3.63) is 112 Å². The van der Waals surface area contributed by atoms with Crippen LogP contribution in [-0.2, 0) is 22.6 Å². The van der Waals surface area contributed by atoms with Crippen LogP contribution < -0.4 is 10.2 Å². The molecular weight excluding hydrogens is 593 g/mol. The summed E-state index contributed by atoms with van der Waals surface area (Å²) in [6.45, 7) is 0.483. The van der Waals surface area contributed by atoms with Crippen LogP contribution >= 0.6 is 23.2 Å². The molecule has 1 aliphatic carbocycles. The Bertz CT molecular complexity index is 1660. The molecule has 0 aromatic heterocycles. The van der Waals surface area contributed by atoms with Crippen LogP contribution in [0.3, 0.4) is 0 Å². The fourth-order valence-corrected chi connectivity index (χ4v) is 7.03. The van der Waals surface area contributed by atoms with Crippen molar-refractivity contribution in [2.24, 2.45) is 0 Å². The SMILES string of the molecule is O=C(NC1CCCC1)[C@@H](Cc1ccccc1)N(Cc1c(Cl)cccc1Cl)C(=O)CCCN1C(=O)c2cccc3cccc1c23. The molecule has 4 aromatic rings. The van der Waals surface area contributed by atoms with Crippen molar-refractivity contribution in [3.63, 3.8) is 0 Å². The first-order chi connectivity index (χ1) is 21.4. The molecule has 1 heterocycles. The number of hydrogen-bond donors (Lipinski definition) is 1. The zero-order chi connectivity index (χ0) is 30.6. The number of anilines is 1. The Hall–Kier alpha value is -3.87. The van der Waals surface area contributed by atoms with Gasteiger partial charge in [-0.15, -0.1) is 0 Å². The largest absolute Gasteiger partial charge is 0.352 e. The monoisotopic (exact) mass is 627 g/mol. The van der Waals surface area contributed by atoms with Crippen LogP contribution in [0.2, 0.25) is 10.0 Å². The van der Waals surface area contributed by atoms with Gasteiger partial charge in [0.2, 0.25) is 11.8 Å². The number of nitrogens with zero attached hydrogens (tertiary/aromatic N) is 2. The second-order valence-electron chi connectivity index (χ2n) is 11.7. The van der Waals surface area contributed by atoms with Crippen LogP contribution in [0.4, 0.5) is 5.69 Å². The van der Waals surface area contributed by atoms with Crippen LogP contribution in [-0.4, -0.2) is 41.2 Å². The molecule has 0 bridgehead atoms. The second-order valence-corrected chi connectivity index (χ2v) is 12.5. The Balaban J connectivity index is 1.26. The van der Waals surface area contributed by atoms with E-state index in [1.807, 2.05) is 66.7 Å². The summed E-state index contributed by atoms with van der Waals surface area (Å²) in [4.78, 5) is 44.8. The summed E-state index contributed by atoms with van der Waals surface area (Å²) in [5.74, 6) is -0.415. The molecule has 1 atom stereocenters. The highest BCUT2D eigenvalue weighted by Crippen LogP contribution is 2.37. The zero-order valence-corrected chi connectivity index (χ0v) is 26.0. The molecule has 1 fully saturated rings. The van der Waals surface area contributed by atoms with Gasteiger partial charge in [-0.25, -0.2) is 0 Å². The van der Waals surface area contributed by atoms with E-state index in [-0.39, 0.29) is 36.7 Å². The van der Waals surface area contributed by atoms with Gasteiger partial charge in [0, 0.05) is 58.5 Å². The van der Waals surface area contributed by atoms with E-state index in [0.29, 0.717) is 40.6 Å². The van der Waals surface area contributed by atoms with E-state index in [0.717, 1.165) is 47.7 Å². The predicted molar refractivity (Wildman–Crippen MR) is 176 cm³/mol. The van der Waals surface area contributed by atoms with E-state index in [2.05, 4.69) is 5.32 Å². The minimum absolute atomic E-state index is 0.0538. The van der Waals surface area contributed by atoms with Gasteiger partial charge in [-0.3, -0.25) is 14.4 Å². The first-order valence-corrected chi connectivity index (χ1v) is 16.1. The smallest absolute Gasteiger partial charge is 0.258 e. The number of nitrogens with one attached hydrogen (secondary N) is 1. The van der Waals surface area contributed by atoms with Gasteiger partial charge in [-0.1, -0.05) is 96.7 Å². The van der Waals surface area contributed by atoms with Gasteiger partial charge >= 0.3 is 0 Å². The Kier molecular flexibility index (Phi) is 9.20. The van der Waals surface area contributed by atoms with E-state index in [1.54, 1.807) is 28.0 Å². The van der Waals surface area contributed by atoms with Gasteiger partial charge in [-0.05, 0) is 54.5 Å². The number of rotatable bonds is 11. The highest BCUT2D eigenvalue weighted by atomic mass is 35.5. The van der Waals surface area contributed by atoms with Crippen molar-refractivity contribution in [2.75, 3.05) is 11.4 Å². The summed E-state index contributed by atoms with van der Waals surface area (Å²) in [6.07, 6.45) is 4.98. The van der Waals surface area contributed by atoms with Crippen LogP contribution in [0.25, 0.3) is 10.8 Å². The van der Waals surface area contributed by atoms with Crippen LogP contribution in [0.15, 0.2) is 84.9 Å². The Morgan fingerprint density at radius 3 is 2.30 bits per heavy atom. The average molecular weight is 629 g/mol. The molecule has 6 nitrogen and oxygen atoms in total. The summed E-state index contributed by atoms with van der Waals surface area (Å²) in [7, 11) is 0. The minimum atomic E-state index is -0.760. The zero-order valence-electron chi connectivity index (χ0n) is 24.5. The summed E-state index contributed by atoms with van der Waals surface area (Å²) in [5, 5.41) is 6.08. The maximum atomic E-state index is 14.2. The third-order valence-electron chi connectivity index (χ3n) is 8.78. The lowest BCUT2D eigenvalue weighted by Gasteiger charge is -2.33. The Labute approximate surface area is 267 Å². The van der Waals surface area contributed by atoms with Gasteiger partial charge in [-0.2, -0.15) is 0 Å². The van der Waals surface area contributed by atoms with Crippen LogP contribution in [0.5, 0.6) is 0 Å². The summed E-state index contributed by atoms with van der Waals surface area (Å²) in [5.41, 5.74) is 3.11. The van der Waals surface area contributed by atoms with E-state index < -0.39 is 6.04 Å². The van der Waals surface area contributed by atoms with Crippen molar-refractivity contribution >= 4 is 57.4 Å². The first-order valence-electron chi connectivity index (χ1n) is 15.3. The quantitative estimate of drug-likeness (QED) is 0.186. The lowest BCUT2D eigenvalue weighted by atomic mass is 10.0. The topological polar surface area (TPSA) is 69.7 Å². The van der Waals surface area contributed by atoms with Crippen LogP contribution in [0, 0.1) is 0 Å². The van der Waals surface area contributed by atoms with Gasteiger partial charge in [0.05, 0.1) is 5.69 Å². The van der Waals surface area contributed by atoms with E-state index in [1.165, 1.54) is 0 Å². The van der Waals surface area contributed by atoms with Crippen molar-refractivity contribution in [3.8, 4) is 0 Å². The van der Waals surface area contributed by atoms with Crippen molar-refractivity contribution in [2.45, 2.75) is 63.6 Å². The summed E-state index contributed by atoms with van der Waals surface area (Å²) < 4.78 is 0. The van der Waals surface area contributed by atoms with E-state index in [9.17, 15) is 14.4 Å². The van der Waals surface area contributed by atoms with E-state index in [4.69, 9.17) is 23.2 Å². The molecule has 4 aromatic carbocycles.